The lowest BCUT2D eigenvalue weighted by molar-refractivity contribution is -0.139. The van der Waals surface area contributed by atoms with Gasteiger partial charge in [-0.1, -0.05) is 36.0 Å². The van der Waals surface area contributed by atoms with Gasteiger partial charge >= 0.3 is 5.97 Å². The molecule has 134 valence electrons. The van der Waals surface area contributed by atoms with Crippen LogP contribution in [0.5, 0.6) is 0 Å². The molecule has 0 radical (unpaired) electrons. The molecule has 0 aliphatic heterocycles. The fourth-order valence-corrected chi connectivity index (χ4v) is 3.70. The Balaban J connectivity index is 2.29. The van der Waals surface area contributed by atoms with E-state index in [1.54, 1.807) is 23.6 Å². The van der Waals surface area contributed by atoms with E-state index in [2.05, 4.69) is 4.98 Å². The number of carbonyl (C=O) groups is 1. The second-order valence-corrected chi connectivity index (χ2v) is 7.36. The summed E-state index contributed by atoms with van der Waals surface area (Å²) in [5.41, 5.74) is 3.31. The lowest BCUT2D eigenvalue weighted by Gasteiger charge is -2.17. The van der Waals surface area contributed by atoms with Crippen molar-refractivity contribution in [3.8, 4) is 5.69 Å². The molecule has 0 bridgehead atoms. The molecule has 6 heteroatoms. The SMILES string of the molecule is COC(=O)C(C)Sc1nc2ccccc2c(=O)n1-c1cccc(C)c1C. The maximum atomic E-state index is 13.2. The summed E-state index contributed by atoms with van der Waals surface area (Å²) in [6.07, 6.45) is 0. The third kappa shape index (κ3) is 3.24. The maximum absolute atomic E-state index is 13.2. The molecule has 0 saturated heterocycles. The van der Waals surface area contributed by atoms with Crippen LogP contribution in [0.1, 0.15) is 18.1 Å². The largest absolute Gasteiger partial charge is 0.468 e. The summed E-state index contributed by atoms with van der Waals surface area (Å²) in [6, 6.07) is 13.0. The smallest absolute Gasteiger partial charge is 0.318 e. The Hall–Kier alpha value is -2.60. The van der Waals surface area contributed by atoms with Crippen LogP contribution in [0.3, 0.4) is 0 Å². The topological polar surface area (TPSA) is 61.2 Å². The Labute approximate surface area is 156 Å². The lowest BCUT2D eigenvalue weighted by atomic mass is 10.1. The highest BCUT2D eigenvalue weighted by Crippen LogP contribution is 2.27. The number of fused-ring (bicyclic) bond motifs is 1. The minimum atomic E-state index is -0.482. The molecule has 1 unspecified atom stereocenters. The summed E-state index contributed by atoms with van der Waals surface area (Å²) in [5.74, 6) is -0.357. The van der Waals surface area contributed by atoms with Gasteiger partial charge in [0.05, 0.1) is 23.7 Å². The summed E-state index contributed by atoms with van der Waals surface area (Å²) in [7, 11) is 1.35. The van der Waals surface area contributed by atoms with E-state index >= 15 is 0 Å². The van der Waals surface area contributed by atoms with Crippen molar-refractivity contribution in [3.63, 3.8) is 0 Å². The molecule has 0 saturated carbocycles. The highest BCUT2D eigenvalue weighted by molar-refractivity contribution is 8.00. The average Bonchev–Trinajstić information content (AvgIpc) is 2.64. The first-order valence-corrected chi connectivity index (χ1v) is 9.15. The molecule has 1 aromatic heterocycles. The van der Waals surface area contributed by atoms with Crippen LogP contribution in [0, 0.1) is 13.8 Å². The van der Waals surface area contributed by atoms with Crippen LogP contribution >= 0.6 is 11.8 Å². The Morgan fingerprint density at radius 2 is 1.88 bits per heavy atom. The summed E-state index contributed by atoms with van der Waals surface area (Å²) in [4.78, 5) is 29.8. The third-order valence-electron chi connectivity index (χ3n) is 4.38. The molecule has 3 rings (SSSR count). The number of hydrogen-bond donors (Lipinski definition) is 0. The van der Waals surface area contributed by atoms with Crippen molar-refractivity contribution >= 4 is 28.6 Å². The van der Waals surface area contributed by atoms with Crippen LogP contribution in [-0.4, -0.2) is 27.9 Å². The molecule has 26 heavy (non-hydrogen) atoms. The number of nitrogens with zero attached hydrogens (tertiary/aromatic N) is 2. The van der Waals surface area contributed by atoms with Crippen molar-refractivity contribution in [3.05, 3.63) is 63.9 Å². The van der Waals surface area contributed by atoms with Crippen molar-refractivity contribution in [1.82, 2.24) is 9.55 Å². The van der Waals surface area contributed by atoms with Crippen LogP contribution in [0.2, 0.25) is 0 Å². The minimum absolute atomic E-state index is 0.149. The van der Waals surface area contributed by atoms with Crippen molar-refractivity contribution in [1.29, 1.82) is 0 Å². The number of ether oxygens (including phenoxy) is 1. The molecule has 0 N–H and O–H groups in total. The quantitative estimate of drug-likeness (QED) is 0.400. The number of benzene rings is 2. The van der Waals surface area contributed by atoms with Gasteiger partial charge in [0.1, 0.15) is 5.25 Å². The fourth-order valence-electron chi connectivity index (χ4n) is 2.75. The number of hydrogen-bond acceptors (Lipinski definition) is 5. The zero-order valence-corrected chi connectivity index (χ0v) is 16.0. The van der Waals surface area contributed by atoms with Gasteiger partial charge in [0, 0.05) is 0 Å². The van der Waals surface area contributed by atoms with E-state index < -0.39 is 5.25 Å². The molecular weight excluding hydrogens is 348 g/mol. The molecule has 5 nitrogen and oxygen atoms in total. The lowest BCUT2D eigenvalue weighted by Crippen LogP contribution is -2.24. The Kier molecular flexibility index (Phi) is 5.13. The summed E-state index contributed by atoms with van der Waals surface area (Å²) in [5, 5.41) is 0.535. The fraction of sp³-hybridized carbons (Fsp3) is 0.250. The van der Waals surface area contributed by atoms with Gasteiger partial charge < -0.3 is 4.74 Å². The van der Waals surface area contributed by atoms with Gasteiger partial charge in [0.2, 0.25) is 0 Å². The van der Waals surface area contributed by atoms with Crippen LogP contribution in [-0.2, 0) is 9.53 Å². The number of esters is 1. The van der Waals surface area contributed by atoms with E-state index in [-0.39, 0.29) is 11.5 Å². The summed E-state index contributed by atoms with van der Waals surface area (Å²) < 4.78 is 6.41. The molecule has 0 aliphatic carbocycles. The predicted octanol–water partition coefficient (Wildman–Crippen LogP) is 3.66. The van der Waals surface area contributed by atoms with Gasteiger partial charge in [-0.15, -0.1) is 0 Å². The first kappa shape index (κ1) is 18.2. The second-order valence-electron chi connectivity index (χ2n) is 6.05. The molecule has 0 fully saturated rings. The normalized spacial score (nSPS) is 12.2. The Bertz CT molecular complexity index is 1040. The van der Waals surface area contributed by atoms with Crippen molar-refractivity contribution < 1.29 is 9.53 Å². The molecule has 0 amide bonds. The number of aromatic nitrogens is 2. The number of rotatable bonds is 4. The monoisotopic (exact) mass is 368 g/mol. The van der Waals surface area contributed by atoms with E-state index in [1.807, 2.05) is 44.2 Å². The van der Waals surface area contributed by atoms with E-state index in [0.717, 1.165) is 16.8 Å². The van der Waals surface area contributed by atoms with Gasteiger partial charge in [-0.2, -0.15) is 0 Å². The third-order valence-corrected chi connectivity index (χ3v) is 5.41. The van der Waals surface area contributed by atoms with Crippen molar-refractivity contribution in [2.24, 2.45) is 0 Å². The van der Waals surface area contributed by atoms with E-state index in [4.69, 9.17) is 4.74 Å². The van der Waals surface area contributed by atoms with Gasteiger partial charge in [-0.3, -0.25) is 14.2 Å². The molecular formula is C20H20N2O3S. The van der Waals surface area contributed by atoms with Gasteiger partial charge in [-0.05, 0) is 50.1 Å². The number of para-hydroxylation sites is 1. The number of methoxy groups -OCH3 is 1. The number of thioether (sulfide) groups is 1. The first-order chi connectivity index (χ1) is 12.4. The Morgan fingerprint density at radius 3 is 2.62 bits per heavy atom. The number of carbonyl (C=O) groups excluding carboxylic acids is 1. The molecule has 0 aliphatic rings. The van der Waals surface area contributed by atoms with Crippen LogP contribution < -0.4 is 5.56 Å². The van der Waals surface area contributed by atoms with E-state index in [1.165, 1.54) is 18.9 Å². The molecule has 2 aromatic carbocycles. The highest BCUT2D eigenvalue weighted by atomic mass is 32.2. The van der Waals surface area contributed by atoms with Crippen LogP contribution in [0.4, 0.5) is 0 Å². The molecule has 1 atom stereocenters. The van der Waals surface area contributed by atoms with E-state index in [9.17, 15) is 9.59 Å². The standard InChI is InChI=1S/C20H20N2O3S/c1-12-8-7-11-17(13(12)2)22-18(23)15-9-5-6-10-16(15)21-20(22)26-14(3)19(24)25-4/h5-11,14H,1-4H3. The Morgan fingerprint density at radius 1 is 1.15 bits per heavy atom. The average molecular weight is 368 g/mol. The van der Waals surface area contributed by atoms with E-state index in [0.29, 0.717) is 16.1 Å². The zero-order valence-electron chi connectivity index (χ0n) is 15.1. The van der Waals surface area contributed by atoms with Gasteiger partial charge in [0.25, 0.3) is 5.56 Å². The summed E-state index contributed by atoms with van der Waals surface area (Å²) in [6.45, 7) is 5.72. The molecule has 1 heterocycles. The first-order valence-electron chi connectivity index (χ1n) is 8.27. The van der Waals surface area contributed by atoms with Gasteiger partial charge in [-0.25, -0.2) is 4.98 Å². The van der Waals surface area contributed by atoms with Crippen LogP contribution in [0.25, 0.3) is 16.6 Å². The van der Waals surface area contributed by atoms with Crippen molar-refractivity contribution in [2.75, 3.05) is 7.11 Å². The second kappa shape index (κ2) is 7.33. The number of aryl methyl sites for hydroxylation is 1. The molecule has 0 spiro atoms. The predicted molar refractivity (Wildman–Crippen MR) is 104 cm³/mol. The molecule has 3 aromatic rings. The maximum Gasteiger partial charge on any atom is 0.318 e. The minimum Gasteiger partial charge on any atom is -0.468 e. The highest BCUT2D eigenvalue weighted by Gasteiger charge is 2.21. The van der Waals surface area contributed by atoms with Gasteiger partial charge in [0.15, 0.2) is 5.16 Å². The van der Waals surface area contributed by atoms with Crippen LogP contribution in [0.15, 0.2) is 52.4 Å². The zero-order chi connectivity index (χ0) is 18.8. The van der Waals surface area contributed by atoms with Crippen molar-refractivity contribution in [2.45, 2.75) is 31.2 Å². The summed E-state index contributed by atoms with van der Waals surface area (Å²) >= 11 is 1.22.